The van der Waals surface area contributed by atoms with Gasteiger partial charge in [-0.05, 0) is 38.6 Å². The van der Waals surface area contributed by atoms with Crippen molar-refractivity contribution in [1.29, 1.82) is 0 Å². The number of carbonyl (C=O) groups is 1. The molecule has 0 radical (unpaired) electrons. The van der Waals surface area contributed by atoms with Crippen LogP contribution in [0.4, 0.5) is 0 Å². The van der Waals surface area contributed by atoms with Crippen molar-refractivity contribution in [3.05, 3.63) is 0 Å². The van der Waals surface area contributed by atoms with Gasteiger partial charge in [0, 0.05) is 6.54 Å². The Morgan fingerprint density at radius 3 is 2.81 bits per heavy atom. The van der Waals surface area contributed by atoms with Crippen molar-refractivity contribution < 1.29 is 9.90 Å². The summed E-state index contributed by atoms with van der Waals surface area (Å²) >= 11 is 0. The molecule has 4 heteroatoms. The van der Waals surface area contributed by atoms with Gasteiger partial charge in [-0.25, -0.2) is 0 Å². The maximum absolute atomic E-state index is 11.9. The molecule has 0 aromatic carbocycles. The highest BCUT2D eigenvalue weighted by Gasteiger charge is 2.35. The predicted octanol–water partition coefficient (Wildman–Crippen LogP) is 0.550. The minimum Gasteiger partial charge on any atom is -0.388 e. The molecule has 4 nitrogen and oxygen atoms in total. The molecule has 1 aliphatic heterocycles. The molecule has 0 bridgehead atoms. The summed E-state index contributed by atoms with van der Waals surface area (Å²) in [5.74, 6) is 0.0576. The van der Waals surface area contributed by atoms with Gasteiger partial charge >= 0.3 is 0 Å². The van der Waals surface area contributed by atoms with E-state index in [0.717, 1.165) is 45.1 Å². The monoisotopic (exact) mass is 226 g/mol. The molecule has 0 spiro atoms. The lowest BCUT2D eigenvalue weighted by atomic mass is 9.80. The Morgan fingerprint density at radius 1 is 1.31 bits per heavy atom. The van der Waals surface area contributed by atoms with Gasteiger partial charge in [-0.1, -0.05) is 12.8 Å². The first-order chi connectivity index (χ1) is 7.70. The van der Waals surface area contributed by atoms with Gasteiger partial charge in [-0.2, -0.15) is 0 Å². The second-order valence-electron chi connectivity index (χ2n) is 5.15. The van der Waals surface area contributed by atoms with Gasteiger partial charge in [-0.3, -0.25) is 4.79 Å². The van der Waals surface area contributed by atoms with E-state index in [1.807, 2.05) is 0 Å². The fourth-order valence-electron chi connectivity index (χ4n) is 2.39. The van der Waals surface area contributed by atoms with Crippen LogP contribution < -0.4 is 10.6 Å². The Kier molecular flexibility index (Phi) is 3.82. The fraction of sp³-hybridized carbons (Fsp3) is 0.917. The van der Waals surface area contributed by atoms with Crippen molar-refractivity contribution in [2.45, 2.75) is 56.6 Å². The molecule has 1 unspecified atom stereocenters. The highest BCUT2D eigenvalue weighted by atomic mass is 16.3. The quantitative estimate of drug-likeness (QED) is 0.658. The van der Waals surface area contributed by atoms with Crippen LogP contribution in [0, 0.1) is 0 Å². The van der Waals surface area contributed by atoms with Crippen LogP contribution in [0.15, 0.2) is 0 Å². The topological polar surface area (TPSA) is 61.4 Å². The van der Waals surface area contributed by atoms with Gasteiger partial charge in [0.1, 0.15) is 0 Å². The second kappa shape index (κ2) is 5.15. The molecule has 1 atom stereocenters. The number of nitrogens with one attached hydrogen (secondary N) is 2. The van der Waals surface area contributed by atoms with E-state index in [0.29, 0.717) is 6.54 Å². The Bertz CT molecular complexity index is 243. The molecule has 2 aliphatic rings. The zero-order valence-electron chi connectivity index (χ0n) is 9.80. The molecule has 92 valence electrons. The molecule has 1 heterocycles. The molecular formula is C12H22N2O2. The summed E-state index contributed by atoms with van der Waals surface area (Å²) in [6, 6.07) is -0.0498. The summed E-state index contributed by atoms with van der Waals surface area (Å²) in [4.78, 5) is 11.9. The number of hydrogen-bond donors (Lipinski definition) is 3. The second-order valence-corrected chi connectivity index (χ2v) is 5.15. The van der Waals surface area contributed by atoms with E-state index in [1.165, 1.54) is 6.42 Å². The van der Waals surface area contributed by atoms with E-state index in [2.05, 4.69) is 10.6 Å². The van der Waals surface area contributed by atoms with E-state index in [-0.39, 0.29) is 11.9 Å². The molecule has 2 rings (SSSR count). The van der Waals surface area contributed by atoms with Crippen LogP contribution in [-0.2, 0) is 4.79 Å². The number of carbonyl (C=O) groups excluding carboxylic acids is 1. The van der Waals surface area contributed by atoms with Crippen LogP contribution in [0.25, 0.3) is 0 Å². The largest absolute Gasteiger partial charge is 0.388 e. The third kappa shape index (κ3) is 2.95. The summed E-state index contributed by atoms with van der Waals surface area (Å²) in [6.07, 6.45) is 7.14. The van der Waals surface area contributed by atoms with Crippen molar-refractivity contribution in [2.24, 2.45) is 0 Å². The first-order valence-electron chi connectivity index (χ1n) is 6.43. The van der Waals surface area contributed by atoms with Crippen molar-refractivity contribution in [2.75, 3.05) is 13.1 Å². The van der Waals surface area contributed by atoms with Gasteiger partial charge in [-0.15, -0.1) is 0 Å². The van der Waals surface area contributed by atoms with Crippen LogP contribution in [0.1, 0.15) is 44.9 Å². The average Bonchev–Trinajstić information content (AvgIpc) is 2.51. The number of hydrogen-bond acceptors (Lipinski definition) is 3. The SMILES string of the molecule is O=C(NCC1(O)CCC1)C1CCCCCN1. The van der Waals surface area contributed by atoms with E-state index in [1.54, 1.807) is 0 Å². The highest BCUT2D eigenvalue weighted by molar-refractivity contribution is 5.81. The summed E-state index contributed by atoms with van der Waals surface area (Å²) in [6.45, 7) is 1.35. The minimum absolute atomic E-state index is 0.0498. The maximum Gasteiger partial charge on any atom is 0.237 e. The van der Waals surface area contributed by atoms with E-state index >= 15 is 0 Å². The zero-order chi connectivity index (χ0) is 11.4. The van der Waals surface area contributed by atoms with Crippen molar-refractivity contribution in [3.8, 4) is 0 Å². The van der Waals surface area contributed by atoms with Crippen molar-refractivity contribution >= 4 is 5.91 Å². The predicted molar refractivity (Wildman–Crippen MR) is 62.1 cm³/mol. The summed E-state index contributed by atoms with van der Waals surface area (Å²) in [7, 11) is 0. The Balaban J connectivity index is 1.73. The fourth-order valence-corrected chi connectivity index (χ4v) is 2.39. The molecule has 1 aliphatic carbocycles. The standard InChI is InChI=1S/C12H22N2O2/c15-11(10-5-2-1-3-8-13-10)14-9-12(16)6-4-7-12/h10,13,16H,1-9H2,(H,14,15). The van der Waals surface area contributed by atoms with Gasteiger partial charge < -0.3 is 15.7 Å². The summed E-state index contributed by atoms with van der Waals surface area (Å²) in [5.41, 5.74) is -0.611. The van der Waals surface area contributed by atoms with Crippen LogP contribution in [0.3, 0.4) is 0 Å². The van der Waals surface area contributed by atoms with E-state index < -0.39 is 5.60 Å². The molecular weight excluding hydrogens is 204 g/mol. The number of amides is 1. The van der Waals surface area contributed by atoms with Gasteiger partial charge in [0.15, 0.2) is 0 Å². The van der Waals surface area contributed by atoms with Crippen LogP contribution >= 0.6 is 0 Å². The Morgan fingerprint density at radius 2 is 2.12 bits per heavy atom. The summed E-state index contributed by atoms with van der Waals surface area (Å²) < 4.78 is 0. The first-order valence-corrected chi connectivity index (χ1v) is 6.43. The number of aliphatic hydroxyl groups is 1. The van der Waals surface area contributed by atoms with Gasteiger partial charge in [0.25, 0.3) is 0 Å². The van der Waals surface area contributed by atoms with Gasteiger partial charge in [0.05, 0.1) is 11.6 Å². The summed E-state index contributed by atoms with van der Waals surface area (Å²) in [5, 5.41) is 16.0. The minimum atomic E-state index is -0.611. The highest BCUT2D eigenvalue weighted by Crippen LogP contribution is 2.30. The lowest BCUT2D eigenvalue weighted by Gasteiger charge is -2.36. The zero-order valence-corrected chi connectivity index (χ0v) is 9.80. The van der Waals surface area contributed by atoms with Crippen LogP contribution in [-0.4, -0.2) is 35.7 Å². The molecule has 0 aromatic rings. The molecule has 1 amide bonds. The smallest absolute Gasteiger partial charge is 0.237 e. The Labute approximate surface area is 96.8 Å². The van der Waals surface area contributed by atoms with Crippen LogP contribution in [0.2, 0.25) is 0 Å². The first kappa shape index (κ1) is 11.9. The normalized spacial score (nSPS) is 28.9. The van der Waals surface area contributed by atoms with Gasteiger partial charge in [0.2, 0.25) is 5.91 Å². The van der Waals surface area contributed by atoms with Crippen LogP contribution in [0.5, 0.6) is 0 Å². The molecule has 1 saturated carbocycles. The Hall–Kier alpha value is -0.610. The molecule has 3 N–H and O–H groups in total. The molecule has 16 heavy (non-hydrogen) atoms. The molecule has 0 aromatic heterocycles. The lowest BCUT2D eigenvalue weighted by Crippen LogP contribution is -2.52. The third-order valence-corrected chi connectivity index (χ3v) is 3.75. The molecule has 2 fully saturated rings. The lowest BCUT2D eigenvalue weighted by molar-refractivity contribution is -0.125. The van der Waals surface area contributed by atoms with Crippen molar-refractivity contribution in [3.63, 3.8) is 0 Å². The van der Waals surface area contributed by atoms with E-state index in [9.17, 15) is 9.90 Å². The van der Waals surface area contributed by atoms with Crippen molar-refractivity contribution in [1.82, 2.24) is 10.6 Å². The third-order valence-electron chi connectivity index (χ3n) is 3.75. The molecule has 1 saturated heterocycles. The maximum atomic E-state index is 11.9. The number of rotatable bonds is 3. The average molecular weight is 226 g/mol. The van der Waals surface area contributed by atoms with E-state index in [4.69, 9.17) is 0 Å².